The molecule has 0 radical (unpaired) electrons. The van der Waals surface area contributed by atoms with E-state index in [1.807, 2.05) is 0 Å². The van der Waals surface area contributed by atoms with Gasteiger partial charge >= 0.3 is 0 Å². The summed E-state index contributed by atoms with van der Waals surface area (Å²) in [6.07, 6.45) is 16.3. The Kier molecular flexibility index (Phi) is 3.49. The van der Waals surface area contributed by atoms with E-state index in [-0.39, 0.29) is 0 Å². The van der Waals surface area contributed by atoms with Crippen LogP contribution in [0.1, 0.15) is 32.1 Å². The van der Waals surface area contributed by atoms with E-state index >= 15 is 0 Å². The molecule has 0 saturated heterocycles. The van der Waals surface area contributed by atoms with E-state index < -0.39 is 0 Å². The molecule has 5 aliphatic carbocycles. The fourth-order valence-corrected chi connectivity index (χ4v) is 7.59. The fourth-order valence-electron chi connectivity index (χ4n) is 7.59. The SMILES string of the molecule is OCC1[C@H](C2CCC([C@@H]3C(CO)[C@H]4C=C[C@@H]3C4)C2)[C@H]2C=C[C@@H]1C2. The third-order valence-electron chi connectivity index (χ3n) is 8.40. The lowest BCUT2D eigenvalue weighted by Gasteiger charge is -2.34. The number of rotatable bonds is 4. The molecule has 126 valence electrons. The first-order chi connectivity index (χ1) is 11.3. The van der Waals surface area contributed by atoms with Crippen molar-refractivity contribution < 1.29 is 10.2 Å². The molecule has 2 heteroatoms. The molecule has 2 nitrogen and oxygen atoms in total. The first-order valence-electron chi connectivity index (χ1n) is 9.88. The molecule has 0 heterocycles. The molecule has 10 atom stereocenters. The highest BCUT2D eigenvalue weighted by atomic mass is 16.3. The van der Waals surface area contributed by atoms with E-state index in [1.54, 1.807) is 0 Å². The molecule has 23 heavy (non-hydrogen) atoms. The van der Waals surface area contributed by atoms with Crippen molar-refractivity contribution in [2.24, 2.45) is 59.2 Å². The topological polar surface area (TPSA) is 40.5 Å². The van der Waals surface area contributed by atoms with Crippen molar-refractivity contribution in [3.8, 4) is 0 Å². The van der Waals surface area contributed by atoms with Crippen LogP contribution in [0.25, 0.3) is 0 Å². The van der Waals surface area contributed by atoms with Crippen LogP contribution in [0.2, 0.25) is 0 Å². The molecule has 0 aliphatic heterocycles. The number of hydrogen-bond acceptors (Lipinski definition) is 2. The van der Waals surface area contributed by atoms with Crippen LogP contribution in [0.3, 0.4) is 0 Å². The normalized spacial score (nSPS) is 56.3. The average molecular weight is 314 g/mol. The first kappa shape index (κ1) is 14.7. The lowest BCUT2D eigenvalue weighted by molar-refractivity contribution is 0.107. The zero-order valence-corrected chi connectivity index (χ0v) is 13.9. The van der Waals surface area contributed by atoms with Gasteiger partial charge in [0.15, 0.2) is 0 Å². The summed E-state index contributed by atoms with van der Waals surface area (Å²) in [6, 6.07) is 0. The van der Waals surface area contributed by atoms with E-state index in [4.69, 9.17) is 0 Å². The van der Waals surface area contributed by atoms with Gasteiger partial charge in [0.25, 0.3) is 0 Å². The van der Waals surface area contributed by atoms with E-state index in [1.165, 1.54) is 32.1 Å². The van der Waals surface area contributed by atoms with Crippen molar-refractivity contribution in [1.29, 1.82) is 0 Å². The highest BCUT2D eigenvalue weighted by Gasteiger charge is 2.52. The van der Waals surface area contributed by atoms with Crippen LogP contribution < -0.4 is 0 Å². The van der Waals surface area contributed by atoms with E-state index in [0.717, 1.165) is 35.5 Å². The van der Waals surface area contributed by atoms with Crippen molar-refractivity contribution >= 4 is 0 Å². The lowest BCUT2D eigenvalue weighted by Crippen LogP contribution is -2.31. The highest BCUT2D eigenvalue weighted by Crippen LogP contribution is 2.59. The summed E-state index contributed by atoms with van der Waals surface area (Å²) in [4.78, 5) is 0. The third kappa shape index (κ3) is 2.07. The molecule has 0 amide bonds. The summed E-state index contributed by atoms with van der Waals surface area (Å²) in [5, 5.41) is 19.8. The van der Waals surface area contributed by atoms with Crippen molar-refractivity contribution in [3.05, 3.63) is 24.3 Å². The van der Waals surface area contributed by atoms with Gasteiger partial charge in [0, 0.05) is 13.2 Å². The Balaban J connectivity index is 1.32. The molecular weight excluding hydrogens is 284 g/mol. The number of aliphatic hydroxyl groups is 2. The van der Waals surface area contributed by atoms with Gasteiger partial charge in [0.05, 0.1) is 0 Å². The Morgan fingerprint density at radius 2 is 1.04 bits per heavy atom. The van der Waals surface area contributed by atoms with E-state index in [0.29, 0.717) is 36.9 Å². The van der Waals surface area contributed by atoms with Gasteiger partial charge in [0.1, 0.15) is 0 Å². The zero-order valence-electron chi connectivity index (χ0n) is 13.9. The second-order valence-corrected chi connectivity index (χ2v) is 9.08. The second kappa shape index (κ2) is 5.46. The van der Waals surface area contributed by atoms with Crippen LogP contribution in [0.15, 0.2) is 24.3 Å². The van der Waals surface area contributed by atoms with Crippen molar-refractivity contribution in [1.82, 2.24) is 0 Å². The number of fused-ring (bicyclic) bond motifs is 4. The quantitative estimate of drug-likeness (QED) is 0.782. The van der Waals surface area contributed by atoms with E-state index in [2.05, 4.69) is 24.3 Å². The van der Waals surface area contributed by atoms with Gasteiger partial charge in [-0.25, -0.2) is 0 Å². The Morgan fingerprint density at radius 3 is 1.48 bits per heavy atom. The largest absolute Gasteiger partial charge is 0.396 e. The van der Waals surface area contributed by atoms with Crippen molar-refractivity contribution in [3.63, 3.8) is 0 Å². The maximum absolute atomic E-state index is 9.89. The van der Waals surface area contributed by atoms with Gasteiger partial charge in [0.2, 0.25) is 0 Å². The van der Waals surface area contributed by atoms with Gasteiger partial charge < -0.3 is 10.2 Å². The van der Waals surface area contributed by atoms with Crippen LogP contribution in [-0.2, 0) is 0 Å². The van der Waals surface area contributed by atoms with Crippen LogP contribution in [0, 0.1) is 59.2 Å². The Hall–Kier alpha value is -0.600. The maximum Gasteiger partial charge on any atom is 0.0467 e. The van der Waals surface area contributed by atoms with Gasteiger partial charge in [-0.15, -0.1) is 0 Å². The molecule has 4 bridgehead atoms. The molecule has 2 N–H and O–H groups in total. The highest BCUT2D eigenvalue weighted by molar-refractivity contribution is 5.17. The zero-order chi connectivity index (χ0) is 15.6. The standard InChI is InChI=1S/C21H30O2/c22-10-18-12-1-3-14(7-12)20(18)16-5-6-17(9-16)21-15-4-2-13(8-15)19(21)11-23/h1-4,12-23H,5-11H2/t12-,13+,14+,15-,16?,17?,18?,19?,20+,21-. The minimum Gasteiger partial charge on any atom is -0.396 e. The van der Waals surface area contributed by atoms with Crippen LogP contribution >= 0.6 is 0 Å². The summed E-state index contributed by atoms with van der Waals surface area (Å²) in [6.45, 7) is 0.765. The predicted octanol–water partition coefficient (Wildman–Crippen LogP) is 3.26. The van der Waals surface area contributed by atoms with Gasteiger partial charge in [-0.2, -0.15) is 0 Å². The predicted molar refractivity (Wildman–Crippen MR) is 90.4 cm³/mol. The number of hydrogen-bond donors (Lipinski definition) is 2. The Morgan fingerprint density at radius 1 is 0.609 bits per heavy atom. The molecule has 0 aromatic rings. The summed E-state index contributed by atoms with van der Waals surface area (Å²) < 4.78 is 0. The van der Waals surface area contributed by atoms with Gasteiger partial charge in [-0.1, -0.05) is 24.3 Å². The van der Waals surface area contributed by atoms with Crippen molar-refractivity contribution in [2.75, 3.05) is 13.2 Å². The summed E-state index contributed by atoms with van der Waals surface area (Å²) in [5.41, 5.74) is 0. The monoisotopic (exact) mass is 314 g/mol. The molecular formula is C21H30O2. The smallest absolute Gasteiger partial charge is 0.0467 e. The van der Waals surface area contributed by atoms with Gasteiger partial charge in [-0.3, -0.25) is 0 Å². The average Bonchev–Trinajstić information content (AvgIpc) is 3.38. The van der Waals surface area contributed by atoms with Crippen LogP contribution in [0.5, 0.6) is 0 Å². The fraction of sp³-hybridized carbons (Fsp3) is 0.810. The molecule has 0 aromatic heterocycles. The molecule has 0 aromatic carbocycles. The molecule has 3 fully saturated rings. The van der Waals surface area contributed by atoms with Gasteiger partial charge in [-0.05, 0) is 91.3 Å². The van der Waals surface area contributed by atoms with Crippen LogP contribution in [-0.4, -0.2) is 23.4 Å². The summed E-state index contributed by atoms with van der Waals surface area (Å²) in [5.74, 6) is 6.98. The second-order valence-electron chi connectivity index (χ2n) is 9.08. The molecule has 5 aliphatic rings. The molecule has 3 saturated carbocycles. The third-order valence-corrected chi connectivity index (χ3v) is 8.40. The molecule has 5 rings (SSSR count). The maximum atomic E-state index is 9.89. The first-order valence-corrected chi connectivity index (χ1v) is 9.88. The molecule has 0 spiro atoms. The summed E-state index contributed by atoms with van der Waals surface area (Å²) >= 11 is 0. The van der Waals surface area contributed by atoms with E-state index in [9.17, 15) is 10.2 Å². The molecule has 4 unspecified atom stereocenters. The minimum atomic E-state index is 0.382. The Bertz CT molecular complexity index is 478. The number of aliphatic hydroxyl groups excluding tert-OH is 2. The van der Waals surface area contributed by atoms with Crippen LogP contribution in [0.4, 0.5) is 0 Å². The summed E-state index contributed by atoms with van der Waals surface area (Å²) in [7, 11) is 0. The lowest BCUT2D eigenvalue weighted by atomic mass is 9.71. The Labute approximate surface area is 139 Å². The minimum absolute atomic E-state index is 0.382. The van der Waals surface area contributed by atoms with Crippen molar-refractivity contribution in [2.45, 2.75) is 32.1 Å². The number of allylic oxidation sites excluding steroid dienone is 4.